The lowest BCUT2D eigenvalue weighted by molar-refractivity contribution is 0.478. The Balaban J connectivity index is 1.46. The third-order valence-electron chi connectivity index (χ3n) is 5.06. The van der Waals surface area contributed by atoms with E-state index in [-0.39, 0.29) is 0 Å². The van der Waals surface area contributed by atoms with Gasteiger partial charge < -0.3 is 15.4 Å². The van der Waals surface area contributed by atoms with Crippen LogP contribution in [0.2, 0.25) is 5.02 Å². The van der Waals surface area contributed by atoms with Gasteiger partial charge in [-0.1, -0.05) is 42.4 Å². The molecule has 0 unspecified atom stereocenters. The van der Waals surface area contributed by atoms with Crippen molar-refractivity contribution in [2.45, 2.75) is 13.5 Å². The van der Waals surface area contributed by atoms with Crippen LogP contribution in [0.4, 0.5) is 11.6 Å². The zero-order valence-corrected chi connectivity index (χ0v) is 18.7. The van der Waals surface area contributed by atoms with Gasteiger partial charge in [-0.25, -0.2) is 4.98 Å². The second-order valence-corrected chi connectivity index (χ2v) is 7.77. The number of aromatic nitrogens is 3. The second kappa shape index (κ2) is 9.58. The smallest absolute Gasteiger partial charge is 0.135 e. The fourth-order valence-corrected chi connectivity index (χ4v) is 3.38. The molecule has 7 heteroatoms. The number of nitrogens with zero attached hydrogens (tertiary/aromatic N) is 3. The Bertz CT molecular complexity index is 1230. The molecule has 2 N–H and O–H groups in total. The first kappa shape index (κ1) is 21.5. The van der Waals surface area contributed by atoms with Crippen molar-refractivity contribution < 1.29 is 4.74 Å². The van der Waals surface area contributed by atoms with Gasteiger partial charge in [0.2, 0.25) is 0 Å². The Labute approximate surface area is 192 Å². The van der Waals surface area contributed by atoms with Crippen molar-refractivity contribution in [2.75, 3.05) is 5.32 Å². The molecule has 0 saturated carbocycles. The van der Waals surface area contributed by atoms with Crippen molar-refractivity contribution in [2.24, 2.45) is 7.05 Å². The minimum absolute atomic E-state index is 0.661. The number of pyridine rings is 1. The molecule has 0 fully saturated rings. The highest BCUT2D eigenvalue weighted by atomic mass is 35.5. The maximum absolute atomic E-state index is 6.18. The van der Waals surface area contributed by atoms with Crippen molar-refractivity contribution in [3.8, 4) is 11.5 Å². The average Bonchev–Trinajstić information content (AvgIpc) is 3.19. The molecule has 32 heavy (non-hydrogen) atoms. The molecular formula is C25H24ClN5O. The molecule has 162 valence electrons. The van der Waals surface area contributed by atoms with Crippen molar-refractivity contribution in [1.82, 2.24) is 20.1 Å². The van der Waals surface area contributed by atoms with E-state index in [4.69, 9.17) is 16.3 Å². The summed E-state index contributed by atoms with van der Waals surface area (Å²) >= 11 is 5.96. The highest BCUT2D eigenvalue weighted by Gasteiger charge is 2.10. The van der Waals surface area contributed by atoms with Gasteiger partial charge in [0.1, 0.15) is 23.1 Å². The molecule has 0 aliphatic rings. The van der Waals surface area contributed by atoms with E-state index in [9.17, 15) is 0 Å². The normalized spacial score (nSPS) is 10.6. The minimum atomic E-state index is 0.661. The predicted octanol–water partition coefficient (Wildman–Crippen LogP) is 6.07. The number of aryl methyl sites for hydroxylation is 1. The number of hydrogen-bond donors (Lipinski definition) is 2. The summed E-state index contributed by atoms with van der Waals surface area (Å²) < 4.78 is 7.92. The maximum atomic E-state index is 6.18. The van der Waals surface area contributed by atoms with Crippen molar-refractivity contribution in [1.29, 1.82) is 0 Å². The van der Waals surface area contributed by atoms with Gasteiger partial charge in [0.25, 0.3) is 0 Å². The predicted molar refractivity (Wildman–Crippen MR) is 129 cm³/mol. The molecule has 4 aromatic rings. The molecule has 6 nitrogen and oxygen atoms in total. The first-order valence-electron chi connectivity index (χ1n) is 10.2. The summed E-state index contributed by atoms with van der Waals surface area (Å²) in [5, 5.41) is 11.5. The molecule has 0 aliphatic heterocycles. The van der Waals surface area contributed by atoms with Gasteiger partial charge in [0.05, 0.1) is 6.20 Å². The van der Waals surface area contributed by atoms with Crippen molar-refractivity contribution >= 4 is 28.9 Å². The summed E-state index contributed by atoms with van der Waals surface area (Å²) in [4.78, 5) is 4.36. The lowest BCUT2D eigenvalue weighted by Crippen LogP contribution is -2.11. The zero-order valence-electron chi connectivity index (χ0n) is 18.0. The van der Waals surface area contributed by atoms with Gasteiger partial charge in [-0.15, -0.1) is 0 Å². The summed E-state index contributed by atoms with van der Waals surface area (Å²) in [5.41, 5.74) is 3.96. The summed E-state index contributed by atoms with van der Waals surface area (Å²) in [6.45, 7) is 6.89. The van der Waals surface area contributed by atoms with Gasteiger partial charge >= 0.3 is 0 Å². The third-order valence-corrected chi connectivity index (χ3v) is 5.32. The number of hydrogen-bond acceptors (Lipinski definition) is 5. The lowest BCUT2D eigenvalue weighted by Gasteiger charge is -2.16. The number of benzene rings is 2. The number of rotatable bonds is 8. The molecule has 0 radical (unpaired) electrons. The van der Waals surface area contributed by atoms with E-state index in [0.29, 0.717) is 18.1 Å². The van der Waals surface area contributed by atoms with E-state index < -0.39 is 0 Å². The molecule has 0 atom stereocenters. The lowest BCUT2D eigenvalue weighted by atomic mass is 10.0. The van der Waals surface area contributed by atoms with Crippen LogP contribution in [0.25, 0.3) is 5.70 Å². The second-order valence-electron chi connectivity index (χ2n) is 7.33. The summed E-state index contributed by atoms with van der Waals surface area (Å²) in [7, 11) is 1.87. The Morgan fingerprint density at radius 1 is 1.09 bits per heavy atom. The van der Waals surface area contributed by atoms with Crippen LogP contribution in [0.15, 0.2) is 79.6 Å². The van der Waals surface area contributed by atoms with Crippen LogP contribution in [0.1, 0.15) is 16.7 Å². The number of nitrogens with one attached hydrogen (secondary N) is 2. The van der Waals surface area contributed by atoms with Crippen LogP contribution in [0, 0.1) is 6.92 Å². The third kappa shape index (κ3) is 5.10. The van der Waals surface area contributed by atoms with Crippen LogP contribution in [-0.4, -0.2) is 14.8 Å². The number of halogens is 1. The van der Waals surface area contributed by atoms with E-state index in [0.717, 1.165) is 39.0 Å². The van der Waals surface area contributed by atoms with E-state index >= 15 is 0 Å². The molecule has 4 rings (SSSR count). The first-order chi connectivity index (χ1) is 15.5. The van der Waals surface area contributed by atoms with Gasteiger partial charge in [-0.2, -0.15) is 5.10 Å². The monoisotopic (exact) mass is 445 g/mol. The molecule has 0 bridgehead atoms. The molecule has 0 saturated heterocycles. The summed E-state index contributed by atoms with van der Waals surface area (Å²) in [5.74, 6) is 2.96. The fourth-order valence-electron chi connectivity index (χ4n) is 3.26. The van der Waals surface area contributed by atoms with Crippen LogP contribution in [-0.2, 0) is 13.6 Å². The van der Waals surface area contributed by atoms with E-state index in [1.165, 1.54) is 0 Å². The van der Waals surface area contributed by atoms with Gasteiger partial charge in [0, 0.05) is 53.8 Å². The first-order valence-corrected chi connectivity index (χ1v) is 10.5. The van der Waals surface area contributed by atoms with E-state index in [1.807, 2.05) is 74.6 Å². The fraction of sp³-hybridized carbons (Fsp3) is 0.120. The standard InChI is InChI=1S/C25H24ClN5O/c1-17-22(18(2)28-16-19-7-9-20(26)10-8-19)5-4-6-23(17)32-21-11-13-27-24(15-21)30-25-12-14-29-31(25)3/h4-15,28H,2,16H2,1,3H3,(H,27,30). The van der Waals surface area contributed by atoms with Crippen molar-refractivity contribution in [3.63, 3.8) is 0 Å². The number of anilines is 2. The Kier molecular flexibility index (Phi) is 6.42. The van der Waals surface area contributed by atoms with Gasteiger partial charge in [-0.3, -0.25) is 4.68 Å². The molecule has 0 aliphatic carbocycles. The molecule has 0 amide bonds. The summed E-state index contributed by atoms with van der Waals surface area (Å²) in [6.07, 6.45) is 3.44. The highest BCUT2D eigenvalue weighted by molar-refractivity contribution is 6.30. The van der Waals surface area contributed by atoms with Gasteiger partial charge in [-0.05, 0) is 36.8 Å². The number of ether oxygens (including phenoxy) is 1. The Morgan fingerprint density at radius 3 is 2.66 bits per heavy atom. The quantitative estimate of drug-likeness (QED) is 0.344. The van der Waals surface area contributed by atoms with Gasteiger partial charge in [0.15, 0.2) is 0 Å². The maximum Gasteiger partial charge on any atom is 0.135 e. The van der Waals surface area contributed by atoms with E-state index in [2.05, 4.69) is 27.3 Å². The van der Waals surface area contributed by atoms with Crippen LogP contribution < -0.4 is 15.4 Å². The van der Waals surface area contributed by atoms with E-state index in [1.54, 1.807) is 17.1 Å². The molecule has 0 spiro atoms. The van der Waals surface area contributed by atoms with Crippen LogP contribution >= 0.6 is 11.6 Å². The SMILES string of the molecule is C=C(NCc1ccc(Cl)cc1)c1cccc(Oc2ccnc(Nc3ccnn3C)c2)c1C. The zero-order chi connectivity index (χ0) is 22.5. The molecule has 2 heterocycles. The van der Waals surface area contributed by atoms with Crippen LogP contribution in [0.5, 0.6) is 11.5 Å². The minimum Gasteiger partial charge on any atom is -0.457 e. The van der Waals surface area contributed by atoms with Crippen molar-refractivity contribution in [3.05, 3.63) is 101 Å². The molecule has 2 aromatic heterocycles. The molecular weight excluding hydrogens is 422 g/mol. The largest absolute Gasteiger partial charge is 0.457 e. The highest BCUT2D eigenvalue weighted by Crippen LogP contribution is 2.30. The Hall–Kier alpha value is -3.77. The summed E-state index contributed by atoms with van der Waals surface area (Å²) in [6, 6.07) is 19.3. The molecule has 2 aromatic carbocycles. The Morgan fingerprint density at radius 2 is 1.91 bits per heavy atom. The van der Waals surface area contributed by atoms with Crippen LogP contribution in [0.3, 0.4) is 0 Å². The topological polar surface area (TPSA) is 64.0 Å². The average molecular weight is 446 g/mol.